The lowest BCUT2D eigenvalue weighted by molar-refractivity contribution is -0.129. The molecule has 0 fully saturated rings. The molecule has 2 amide bonds. The molecule has 152 valence electrons. The van der Waals surface area contributed by atoms with E-state index in [4.69, 9.17) is 10.4 Å². The smallest absolute Gasteiger partial charge is 0.345 e. The van der Waals surface area contributed by atoms with Crippen LogP contribution in [0.15, 0.2) is 30.3 Å². The van der Waals surface area contributed by atoms with Crippen LogP contribution < -0.4 is 5.32 Å². The van der Waals surface area contributed by atoms with Crippen molar-refractivity contribution >= 4 is 29.1 Å². The van der Waals surface area contributed by atoms with E-state index in [-0.39, 0.29) is 10.8 Å². The van der Waals surface area contributed by atoms with E-state index in [0.717, 1.165) is 20.9 Å². The third kappa shape index (κ3) is 5.42. The minimum atomic E-state index is -0.969. The summed E-state index contributed by atoms with van der Waals surface area (Å²) in [5, 5.41) is 20.8. The predicted octanol–water partition coefficient (Wildman–Crippen LogP) is 3.51. The number of amides is 2. The fourth-order valence-corrected chi connectivity index (χ4v) is 3.77. The third-order valence-electron chi connectivity index (χ3n) is 4.38. The number of hydrogen-bond acceptors (Lipinski definition) is 5. The number of benzene rings is 1. The predicted molar refractivity (Wildman–Crippen MR) is 111 cm³/mol. The summed E-state index contributed by atoms with van der Waals surface area (Å²) in [7, 11) is 1.37. The molecule has 1 aromatic heterocycles. The first-order chi connectivity index (χ1) is 13.6. The van der Waals surface area contributed by atoms with Crippen molar-refractivity contribution in [2.45, 2.75) is 33.2 Å². The largest absolute Gasteiger partial charge is 0.477 e. The lowest BCUT2D eigenvalue weighted by atomic mass is 10.0. The van der Waals surface area contributed by atoms with Crippen LogP contribution in [0.25, 0.3) is 11.1 Å². The molecule has 1 aromatic carbocycles. The van der Waals surface area contributed by atoms with Crippen molar-refractivity contribution in [3.05, 3.63) is 45.6 Å². The van der Waals surface area contributed by atoms with Crippen LogP contribution in [0.1, 0.15) is 45.2 Å². The van der Waals surface area contributed by atoms with Gasteiger partial charge in [-0.2, -0.15) is 5.26 Å². The topological polar surface area (TPSA) is 110 Å². The number of likely N-dealkylation sites (N-methyl/N-ethyl adjacent to an activating group) is 1. The molecule has 0 spiro atoms. The Balaban J connectivity index is 2.20. The van der Waals surface area contributed by atoms with Crippen LogP contribution in [0.4, 0.5) is 0 Å². The highest BCUT2D eigenvalue weighted by atomic mass is 32.1. The number of carboxylic acid groups (broad SMARTS) is 1. The normalized spacial score (nSPS) is 11.6. The maximum atomic E-state index is 12.6. The zero-order valence-corrected chi connectivity index (χ0v) is 17.5. The van der Waals surface area contributed by atoms with Gasteiger partial charge in [-0.15, -0.1) is 11.3 Å². The average Bonchev–Trinajstić information content (AvgIpc) is 3.08. The highest BCUT2D eigenvalue weighted by Gasteiger charge is 2.25. The van der Waals surface area contributed by atoms with Gasteiger partial charge in [-0.1, -0.05) is 26.0 Å². The van der Waals surface area contributed by atoms with Crippen molar-refractivity contribution in [3.8, 4) is 17.3 Å². The van der Waals surface area contributed by atoms with Crippen molar-refractivity contribution in [2.75, 3.05) is 7.05 Å². The maximum absolute atomic E-state index is 12.6. The first-order valence-electron chi connectivity index (χ1n) is 9.06. The van der Waals surface area contributed by atoms with E-state index in [1.54, 1.807) is 36.5 Å². The van der Waals surface area contributed by atoms with Crippen LogP contribution in [0, 0.1) is 24.3 Å². The lowest BCUT2D eigenvalue weighted by Crippen LogP contribution is -2.46. The highest BCUT2D eigenvalue weighted by Crippen LogP contribution is 2.31. The molecule has 0 saturated carbocycles. The number of aryl methyl sites for hydroxylation is 1. The summed E-state index contributed by atoms with van der Waals surface area (Å²) in [6, 6.07) is 7.59. The quantitative estimate of drug-likeness (QED) is 0.533. The Morgan fingerprint density at radius 3 is 2.34 bits per heavy atom. The molecule has 29 heavy (non-hydrogen) atoms. The number of aromatic carboxylic acids is 1. The van der Waals surface area contributed by atoms with Crippen LogP contribution in [0.5, 0.6) is 0 Å². The number of carboxylic acids is 1. The second-order valence-electron chi connectivity index (χ2n) is 7.12. The molecule has 2 aromatic rings. The van der Waals surface area contributed by atoms with Gasteiger partial charge < -0.3 is 10.4 Å². The monoisotopic (exact) mass is 413 g/mol. The van der Waals surface area contributed by atoms with Gasteiger partial charge in [-0.3, -0.25) is 14.5 Å². The van der Waals surface area contributed by atoms with Crippen molar-refractivity contribution in [2.24, 2.45) is 5.92 Å². The zero-order chi connectivity index (χ0) is 21.7. The van der Waals surface area contributed by atoms with Crippen LogP contribution in [-0.4, -0.2) is 40.9 Å². The van der Waals surface area contributed by atoms with Gasteiger partial charge in [0.15, 0.2) is 6.19 Å². The van der Waals surface area contributed by atoms with Gasteiger partial charge in [0.05, 0.1) is 0 Å². The maximum Gasteiger partial charge on any atom is 0.345 e. The molecule has 0 aliphatic heterocycles. The summed E-state index contributed by atoms with van der Waals surface area (Å²) < 4.78 is 0. The van der Waals surface area contributed by atoms with Crippen LogP contribution >= 0.6 is 11.3 Å². The molecule has 1 atom stereocenters. The number of nitriles is 1. The van der Waals surface area contributed by atoms with E-state index in [1.165, 1.54) is 18.4 Å². The van der Waals surface area contributed by atoms with Gasteiger partial charge in [0, 0.05) is 17.5 Å². The molecule has 7 nitrogen and oxygen atoms in total. The number of rotatable bonds is 7. The second kappa shape index (κ2) is 9.34. The minimum absolute atomic E-state index is 0.156. The highest BCUT2D eigenvalue weighted by molar-refractivity contribution is 7.14. The second-order valence-corrected chi connectivity index (χ2v) is 8.37. The minimum Gasteiger partial charge on any atom is -0.477 e. The zero-order valence-electron chi connectivity index (χ0n) is 16.7. The summed E-state index contributed by atoms with van der Waals surface area (Å²) in [5.41, 5.74) is 1.99. The lowest BCUT2D eigenvalue weighted by Gasteiger charge is -2.21. The van der Waals surface area contributed by atoms with E-state index in [1.807, 2.05) is 20.8 Å². The van der Waals surface area contributed by atoms with Crippen LogP contribution in [0.3, 0.4) is 0 Å². The summed E-state index contributed by atoms with van der Waals surface area (Å²) in [5.74, 6) is -1.68. The van der Waals surface area contributed by atoms with E-state index in [9.17, 15) is 14.4 Å². The van der Waals surface area contributed by atoms with Gasteiger partial charge in [0.2, 0.25) is 0 Å². The molecular weight excluding hydrogens is 390 g/mol. The van der Waals surface area contributed by atoms with Gasteiger partial charge in [0.1, 0.15) is 10.9 Å². The number of nitrogens with zero attached hydrogens (tertiary/aromatic N) is 2. The van der Waals surface area contributed by atoms with Crippen molar-refractivity contribution < 1.29 is 19.5 Å². The molecule has 2 rings (SSSR count). The standard InChI is InChI=1S/C21H23N3O4S/c1-12(2)9-17(20(26)24(4)11-22)23-19(25)15-7-5-14(6-8-15)16-10-18(21(27)28)29-13(16)3/h5-8,10,12,17H,9H2,1-4H3,(H,23,25)(H,27,28). The Bertz CT molecular complexity index is 957. The number of carbonyl (C=O) groups is 3. The van der Waals surface area contributed by atoms with Gasteiger partial charge in [-0.05, 0) is 48.6 Å². The fourth-order valence-electron chi connectivity index (χ4n) is 2.89. The summed E-state index contributed by atoms with van der Waals surface area (Å²) in [6.45, 7) is 5.71. The number of thiophene rings is 1. The van der Waals surface area contributed by atoms with Crippen molar-refractivity contribution in [1.82, 2.24) is 10.2 Å². The molecule has 1 unspecified atom stereocenters. The van der Waals surface area contributed by atoms with Crippen molar-refractivity contribution in [3.63, 3.8) is 0 Å². The first-order valence-corrected chi connectivity index (χ1v) is 9.88. The molecule has 2 N–H and O–H groups in total. The fraction of sp³-hybridized carbons (Fsp3) is 0.333. The summed E-state index contributed by atoms with van der Waals surface area (Å²) in [6.07, 6.45) is 2.18. The van der Waals surface area contributed by atoms with E-state index >= 15 is 0 Å². The Kier molecular flexibility index (Phi) is 7.13. The molecule has 0 radical (unpaired) electrons. The van der Waals surface area contributed by atoms with Gasteiger partial charge >= 0.3 is 5.97 Å². The summed E-state index contributed by atoms with van der Waals surface area (Å²) >= 11 is 1.20. The molecule has 0 aliphatic carbocycles. The van der Waals surface area contributed by atoms with E-state index < -0.39 is 23.8 Å². The summed E-state index contributed by atoms with van der Waals surface area (Å²) in [4.78, 5) is 38.2. The van der Waals surface area contributed by atoms with E-state index in [2.05, 4.69) is 5.32 Å². The average molecular weight is 413 g/mol. The Hall–Kier alpha value is -3.18. The Labute approximate surface area is 173 Å². The van der Waals surface area contributed by atoms with Crippen LogP contribution in [0.2, 0.25) is 0 Å². The Morgan fingerprint density at radius 1 is 1.24 bits per heavy atom. The van der Waals surface area contributed by atoms with Gasteiger partial charge in [0.25, 0.3) is 11.8 Å². The molecule has 1 heterocycles. The molecule has 0 bridgehead atoms. The molecular formula is C21H23N3O4S. The first kappa shape index (κ1) is 22.1. The number of carbonyl (C=O) groups excluding carboxylic acids is 2. The number of hydrogen-bond donors (Lipinski definition) is 2. The van der Waals surface area contributed by atoms with E-state index in [0.29, 0.717) is 12.0 Å². The SMILES string of the molecule is Cc1sc(C(=O)O)cc1-c1ccc(C(=O)NC(CC(C)C)C(=O)N(C)C#N)cc1. The molecule has 8 heteroatoms. The van der Waals surface area contributed by atoms with Crippen LogP contribution in [-0.2, 0) is 4.79 Å². The van der Waals surface area contributed by atoms with Crippen molar-refractivity contribution in [1.29, 1.82) is 5.26 Å². The molecule has 0 aliphatic rings. The Morgan fingerprint density at radius 2 is 1.86 bits per heavy atom. The van der Waals surface area contributed by atoms with Gasteiger partial charge in [-0.25, -0.2) is 4.79 Å². The third-order valence-corrected chi connectivity index (χ3v) is 5.42. The molecule has 0 saturated heterocycles. The number of nitrogens with one attached hydrogen (secondary N) is 1.